The monoisotopic (exact) mass is 524 g/mol. The molecule has 1 atom stereocenters. The molecule has 10 nitrogen and oxygen atoms in total. The molecule has 4 heterocycles. The van der Waals surface area contributed by atoms with Crippen molar-refractivity contribution in [3.8, 4) is 5.75 Å². The Morgan fingerprint density at radius 2 is 1.84 bits per heavy atom. The van der Waals surface area contributed by atoms with Gasteiger partial charge in [-0.15, -0.1) is 5.10 Å². The van der Waals surface area contributed by atoms with Crippen molar-refractivity contribution in [2.75, 3.05) is 38.6 Å². The highest BCUT2D eigenvalue weighted by Crippen LogP contribution is 2.39. The molecule has 0 aliphatic carbocycles. The van der Waals surface area contributed by atoms with Gasteiger partial charge in [-0.25, -0.2) is 9.07 Å². The van der Waals surface area contributed by atoms with Crippen LogP contribution >= 0.6 is 0 Å². The normalized spacial score (nSPS) is 18.6. The fourth-order valence-electron chi connectivity index (χ4n) is 5.48. The van der Waals surface area contributed by atoms with Gasteiger partial charge < -0.3 is 24.8 Å². The Morgan fingerprint density at radius 1 is 1.11 bits per heavy atom. The molecular weight excluding hydrogens is 491 g/mol. The molecule has 2 aliphatic rings. The molecule has 2 aromatic heterocycles. The zero-order valence-electron chi connectivity index (χ0n) is 22.0. The van der Waals surface area contributed by atoms with Crippen LogP contribution in [0, 0.1) is 5.82 Å². The van der Waals surface area contributed by atoms with Gasteiger partial charge in [-0.1, -0.05) is 18.9 Å². The highest BCUT2D eigenvalue weighted by molar-refractivity contribution is 6.07. The fourth-order valence-corrected chi connectivity index (χ4v) is 5.48. The Hall–Kier alpha value is -3.89. The quantitative estimate of drug-likeness (QED) is 0.533. The summed E-state index contributed by atoms with van der Waals surface area (Å²) in [6, 6.07) is 3.84. The number of anilines is 1. The number of hydrogen-bond acceptors (Lipinski definition) is 6. The van der Waals surface area contributed by atoms with E-state index in [4.69, 9.17) is 4.74 Å². The average molecular weight is 525 g/mol. The van der Waals surface area contributed by atoms with Crippen LogP contribution in [0.25, 0.3) is 10.9 Å². The van der Waals surface area contributed by atoms with Gasteiger partial charge in [0.05, 0.1) is 13.7 Å². The molecule has 1 aromatic carbocycles. The first-order valence-corrected chi connectivity index (χ1v) is 13.2. The summed E-state index contributed by atoms with van der Waals surface area (Å²) in [5.74, 6) is -0.441. The fraction of sp³-hybridized carbons (Fsp3) is 0.481. The number of hydrogen-bond donors (Lipinski definition) is 2. The molecule has 11 heteroatoms. The lowest BCUT2D eigenvalue weighted by atomic mass is 10.1. The SMILES string of the molecule is CCN1C[C@H](C)n2c(c(OC)c3c(=O)n4nc(c32)NCCCCCCNC(=O)c2cc(F)ccc2C4)C1=O. The summed E-state index contributed by atoms with van der Waals surface area (Å²) in [4.78, 5) is 42.0. The number of benzene rings is 1. The van der Waals surface area contributed by atoms with Crippen molar-refractivity contribution in [1.29, 1.82) is 0 Å². The molecule has 0 unspecified atom stereocenters. The van der Waals surface area contributed by atoms with E-state index < -0.39 is 17.3 Å². The first-order chi connectivity index (χ1) is 18.3. The smallest absolute Gasteiger partial charge is 0.280 e. The molecule has 0 radical (unpaired) electrons. The molecule has 0 fully saturated rings. The Balaban J connectivity index is 1.75. The number of nitrogens with one attached hydrogen (secondary N) is 2. The van der Waals surface area contributed by atoms with Gasteiger partial charge in [0.25, 0.3) is 17.4 Å². The van der Waals surface area contributed by atoms with E-state index in [-0.39, 0.29) is 35.2 Å². The third kappa shape index (κ3) is 4.39. The summed E-state index contributed by atoms with van der Waals surface area (Å²) in [5, 5.41) is 11.2. The molecule has 5 rings (SSSR count). The summed E-state index contributed by atoms with van der Waals surface area (Å²) in [6.45, 7) is 6.03. The van der Waals surface area contributed by atoms with Gasteiger partial charge in [0.15, 0.2) is 17.3 Å². The van der Waals surface area contributed by atoms with Crippen molar-refractivity contribution >= 4 is 28.5 Å². The molecule has 0 spiro atoms. The minimum absolute atomic E-state index is 0.0548. The minimum Gasteiger partial charge on any atom is -0.493 e. The summed E-state index contributed by atoms with van der Waals surface area (Å²) < 4.78 is 23.0. The molecule has 38 heavy (non-hydrogen) atoms. The van der Waals surface area contributed by atoms with Crippen LogP contribution in [0.5, 0.6) is 5.75 Å². The Kier molecular flexibility index (Phi) is 7.09. The van der Waals surface area contributed by atoms with E-state index in [1.807, 2.05) is 18.4 Å². The van der Waals surface area contributed by atoms with E-state index in [0.717, 1.165) is 25.7 Å². The lowest BCUT2D eigenvalue weighted by Gasteiger charge is -2.32. The Bertz CT molecular complexity index is 1460. The molecule has 2 amide bonds. The number of carbonyl (C=O) groups is 2. The standard InChI is InChI=1S/C27H33FN6O4/c1-4-32-14-16(2)34-21-20(23(38-3)22(34)27(32)37)26(36)33-15-17-9-10-18(28)13-19(17)25(35)30-12-8-6-5-7-11-29-24(21)31-33/h9-10,13,16H,4-8,11-12,14-15H2,1-3H3,(H,29,31)(H,30,35)/t16-/m0/s1. The van der Waals surface area contributed by atoms with Crippen LogP contribution in [0.2, 0.25) is 0 Å². The molecule has 2 bridgehead atoms. The third-order valence-corrected chi connectivity index (χ3v) is 7.37. The van der Waals surface area contributed by atoms with E-state index in [1.165, 1.54) is 30.0 Å². The largest absolute Gasteiger partial charge is 0.493 e. The van der Waals surface area contributed by atoms with Crippen LogP contribution in [0.3, 0.4) is 0 Å². The van der Waals surface area contributed by atoms with Crippen molar-refractivity contribution in [2.45, 2.75) is 52.1 Å². The van der Waals surface area contributed by atoms with Gasteiger partial charge in [-0.2, -0.15) is 0 Å². The lowest BCUT2D eigenvalue weighted by molar-refractivity contribution is 0.0685. The number of ether oxygens (including phenoxy) is 1. The van der Waals surface area contributed by atoms with Crippen LogP contribution in [0.1, 0.15) is 72.0 Å². The zero-order valence-corrected chi connectivity index (χ0v) is 22.0. The highest BCUT2D eigenvalue weighted by Gasteiger charge is 2.37. The van der Waals surface area contributed by atoms with Crippen molar-refractivity contribution in [3.05, 3.63) is 51.2 Å². The maximum Gasteiger partial charge on any atom is 0.280 e. The van der Waals surface area contributed by atoms with Crippen LogP contribution in [0.15, 0.2) is 23.0 Å². The lowest BCUT2D eigenvalue weighted by Crippen LogP contribution is -2.42. The van der Waals surface area contributed by atoms with Gasteiger partial charge in [0, 0.05) is 37.8 Å². The van der Waals surface area contributed by atoms with Crippen LogP contribution in [-0.4, -0.2) is 64.4 Å². The zero-order chi connectivity index (χ0) is 27.0. The molecule has 202 valence electrons. The van der Waals surface area contributed by atoms with Gasteiger partial charge in [0.1, 0.15) is 16.7 Å². The van der Waals surface area contributed by atoms with E-state index in [9.17, 15) is 18.8 Å². The van der Waals surface area contributed by atoms with Crippen LogP contribution in [-0.2, 0) is 6.54 Å². The van der Waals surface area contributed by atoms with Gasteiger partial charge in [-0.05, 0) is 44.4 Å². The highest BCUT2D eigenvalue weighted by atomic mass is 19.1. The predicted octanol–water partition coefficient (Wildman–Crippen LogP) is 3.15. The molecule has 0 saturated carbocycles. The number of nitrogens with zero attached hydrogens (tertiary/aromatic N) is 4. The van der Waals surface area contributed by atoms with Crippen molar-refractivity contribution in [2.24, 2.45) is 0 Å². The van der Waals surface area contributed by atoms with Gasteiger partial charge >= 0.3 is 0 Å². The number of halogens is 1. The van der Waals surface area contributed by atoms with Gasteiger partial charge in [0.2, 0.25) is 0 Å². The van der Waals surface area contributed by atoms with E-state index >= 15 is 0 Å². The summed E-state index contributed by atoms with van der Waals surface area (Å²) in [5.41, 5.74) is 1.04. The number of aromatic nitrogens is 3. The molecule has 2 aliphatic heterocycles. The topological polar surface area (TPSA) is 110 Å². The number of rotatable bonds is 2. The van der Waals surface area contributed by atoms with Crippen LogP contribution in [0.4, 0.5) is 10.2 Å². The summed E-state index contributed by atoms with van der Waals surface area (Å²) >= 11 is 0. The van der Waals surface area contributed by atoms with E-state index in [2.05, 4.69) is 15.7 Å². The average Bonchev–Trinajstić information content (AvgIpc) is 3.26. The van der Waals surface area contributed by atoms with Crippen molar-refractivity contribution in [3.63, 3.8) is 0 Å². The predicted molar refractivity (Wildman–Crippen MR) is 142 cm³/mol. The van der Waals surface area contributed by atoms with E-state index in [1.54, 1.807) is 4.90 Å². The Labute approximate surface area is 219 Å². The number of likely N-dealkylation sites (N-methyl/N-ethyl adjacent to an activating group) is 1. The number of fused-ring (bicyclic) bond motifs is 7. The number of amides is 2. The number of carbonyl (C=O) groups excluding carboxylic acids is 2. The third-order valence-electron chi connectivity index (χ3n) is 7.37. The minimum atomic E-state index is -0.537. The summed E-state index contributed by atoms with van der Waals surface area (Å²) in [6.07, 6.45) is 3.54. The number of methoxy groups -OCH3 is 1. The summed E-state index contributed by atoms with van der Waals surface area (Å²) in [7, 11) is 1.45. The van der Waals surface area contributed by atoms with E-state index in [0.29, 0.717) is 48.8 Å². The Morgan fingerprint density at radius 3 is 2.55 bits per heavy atom. The maximum atomic E-state index is 14.1. The van der Waals surface area contributed by atoms with Crippen molar-refractivity contribution in [1.82, 2.24) is 24.6 Å². The molecule has 3 aromatic rings. The molecular formula is C27H33FN6O4. The molecule has 2 N–H and O–H groups in total. The second-order valence-electron chi connectivity index (χ2n) is 9.88. The molecule has 0 saturated heterocycles. The second-order valence-corrected chi connectivity index (χ2v) is 9.88. The maximum absolute atomic E-state index is 14.1. The first kappa shape index (κ1) is 25.7. The van der Waals surface area contributed by atoms with Crippen molar-refractivity contribution < 1.29 is 18.7 Å². The van der Waals surface area contributed by atoms with Crippen LogP contribution < -0.4 is 20.9 Å². The van der Waals surface area contributed by atoms with Gasteiger partial charge in [-0.3, -0.25) is 14.4 Å². The first-order valence-electron chi connectivity index (χ1n) is 13.2. The second kappa shape index (κ2) is 10.5.